The Kier molecular flexibility index (Phi) is 8.38. The number of rotatable bonds is 9. The van der Waals surface area contributed by atoms with Gasteiger partial charge in [0, 0.05) is 32.8 Å². The Balaban J connectivity index is 1.90. The minimum absolute atomic E-state index is 0.0206. The largest absolute Gasteiger partial charge is 0.380 e. The summed E-state index contributed by atoms with van der Waals surface area (Å²) in [5, 5.41) is 3.00. The molecular formula is C20H33N3O2. The molecule has 0 heterocycles. The maximum absolute atomic E-state index is 12.1. The summed E-state index contributed by atoms with van der Waals surface area (Å²) < 4.78 is 5.17. The van der Waals surface area contributed by atoms with Gasteiger partial charge < -0.3 is 15.8 Å². The van der Waals surface area contributed by atoms with Crippen molar-refractivity contribution < 1.29 is 9.53 Å². The average Bonchev–Trinajstić information content (AvgIpc) is 2.66. The van der Waals surface area contributed by atoms with Gasteiger partial charge in [0.05, 0.1) is 12.5 Å². The molecule has 5 heteroatoms. The van der Waals surface area contributed by atoms with Gasteiger partial charge in [0.1, 0.15) is 0 Å². The molecule has 0 aliphatic heterocycles. The van der Waals surface area contributed by atoms with Crippen LogP contribution in [0.5, 0.6) is 0 Å². The van der Waals surface area contributed by atoms with E-state index < -0.39 is 0 Å². The fraction of sp³-hybridized carbons (Fsp3) is 0.650. The zero-order chi connectivity index (χ0) is 18.1. The van der Waals surface area contributed by atoms with Crippen LogP contribution in [-0.4, -0.2) is 43.7 Å². The van der Waals surface area contributed by atoms with Gasteiger partial charge in [-0.25, -0.2) is 0 Å². The van der Waals surface area contributed by atoms with Gasteiger partial charge in [0.2, 0.25) is 5.91 Å². The minimum Gasteiger partial charge on any atom is -0.380 e. The third kappa shape index (κ3) is 6.42. The first-order valence-corrected chi connectivity index (χ1v) is 9.40. The van der Waals surface area contributed by atoms with E-state index in [1.165, 1.54) is 43.2 Å². The Bertz CT molecular complexity index is 525. The molecule has 0 saturated heterocycles. The summed E-state index contributed by atoms with van der Waals surface area (Å²) in [5.74, 6) is -0.0206. The van der Waals surface area contributed by atoms with Crippen molar-refractivity contribution in [1.29, 1.82) is 0 Å². The Labute approximate surface area is 151 Å². The zero-order valence-electron chi connectivity index (χ0n) is 15.7. The highest BCUT2D eigenvalue weighted by Gasteiger charge is 2.19. The number of benzene rings is 1. The van der Waals surface area contributed by atoms with Crippen LogP contribution in [0.4, 0.5) is 0 Å². The van der Waals surface area contributed by atoms with Crippen molar-refractivity contribution >= 4 is 5.91 Å². The molecule has 1 saturated carbocycles. The van der Waals surface area contributed by atoms with E-state index in [1.54, 1.807) is 7.11 Å². The van der Waals surface area contributed by atoms with E-state index in [0.717, 1.165) is 6.54 Å². The number of nitrogens with one attached hydrogen (secondary N) is 1. The molecule has 1 fully saturated rings. The average molecular weight is 348 g/mol. The van der Waals surface area contributed by atoms with Crippen LogP contribution < -0.4 is 11.1 Å². The lowest BCUT2D eigenvalue weighted by atomic mass is 9.94. The molecule has 5 nitrogen and oxygen atoms in total. The van der Waals surface area contributed by atoms with Crippen LogP contribution in [0.3, 0.4) is 0 Å². The molecule has 25 heavy (non-hydrogen) atoms. The molecule has 1 amide bonds. The summed E-state index contributed by atoms with van der Waals surface area (Å²) in [6.45, 7) is 1.83. The number of carbonyl (C=O) groups is 1. The number of methoxy groups -OCH3 is 1. The summed E-state index contributed by atoms with van der Waals surface area (Å²) in [6, 6.07) is 9.05. The molecule has 140 valence electrons. The number of amides is 1. The first kappa shape index (κ1) is 19.9. The highest BCUT2D eigenvalue weighted by atomic mass is 16.5. The van der Waals surface area contributed by atoms with Gasteiger partial charge >= 0.3 is 0 Å². The van der Waals surface area contributed by atoms with Gasteiger partial charge in [-0.15, -0.1) is 0 Å². The molecule has 1 aliphatic rings. The van der Waals surface area contributed by atoms with Crippen molar-refractivity contribution in [2.45, 2.75) is 63.8 Å². The monoisotopic (exact) mass is 347 g/mol. The second-order valence-corrected chi connectivity index (χ2v) is 7.05. The van der Waals surface area contributed by atoms with Crippen molar-refractivity contribution in [2.75, 3.05) is 20.7 Å². The number of nitrogens with two attached hydrogens (primary N) is 1. The lowest BCUT2D eigenvalue weighted by molar-refractivity contribution is -0.123. The topological polar surface area (TPSA) is 67.6 Å². The van der Waals surface area contributed by atoms with Gasteiger partial charge in [-0.2, -0.15) is 0 Å². The minimum atomic E-state index is -0.215. The van der Waals surface area contributed by atoms with Gasteiger partial charge in [-0.3, -0.25) is 9.69 Å². The van der Waals surface area contributed by atoms with E-state index in [1.807, 2.05) is 6.07 Å². The first-order valence-electron chi connectivity index (χ1n) is 9.40. The summed E-state index contributed by atoms with van der Waals surface area (Å²) in [6.07, 6.45) is 6.74. The van der Waals surface area contributed by atoms with Crippen LogP contribution in [0.15, 0.2) is 24.3 Å². The molecule has 0 radical (unpaired) electrons. The molecule has 1 aliphatic carbocycles. The number of hydrogen-bond acceptors (Lipinski definition) is 4. The normalized spacial score (nSPS) is 16.8. The van der Waals surface area contributed by atoms with Gasteiger partial charge in [0.15, 0.2) is 0 Å². The smallest absolute Gasteiger partial charge is 0.222 e. The standard InChI is InChI=1S/C20H33N3O2/c1-23(18-10-4-3-5-11-18)15-17-9-7-6-8-16(17)14-22-20(24)12-19(13-21)25-2/h6-9,18-19H,3-5,10-15,21H2,1-2H3,(H,22,24). The van der Waals surface area contributed by atoms with E-state index in [4.69, 9.17) is 10.5 Å². The van der Waals surface area contributed by atoms with Crippen LogP contribution >= 0.6 is 0 Å². The predicted octanol–water partition coefficient (Wildman–Crippen LogP) is 2.43. The third-order valence-electron chi connectivity index (χ3n) is 5.22. The number of ether oxygens (including phenoxy) is 1. The SMILES string of the molecule is COC(CN)CC(=O)NCc1ccccc1CN(C)C1CCCCC1. The Morgan fingerprint density at radius 2 is 1.96 bits per heavy atom. The van der Waals surface area contributed by atoms with Crippen molar-refractivity contribution in [3.05, 3.63) is 35.4 Å². The molecule has 0 spiro atoms. The maximum atomic E-state index is 12.1. The maximum Gasteiger partial charge on any atom is 0.222 e. The molecule has 0 aromatic heterocycles. The summed E-state index contributed by atoms with van der Waals surface area (Å²) >= 11 is 0. The lowest BCUT2D eigenvalue weighted by Gasteiger charge is -2.31. The van der Waals surface area contributed by atoms with Crippen LogP contribution in [-0.2, 0) is 22.6 Å². The summed E-state index contributed by atoms with van der Waals surface area (Å²) in [7, 11) is 3.80. The fourth-order valence-corrected chi connectivity index (χ4v) is 3.54. The molecule has 2 rings (SSSR count). The molecule has 1 atom stereocenters. The Hall–Kier alpha value is -1.43. The highest BCUT2D eigenvalue weighted by Crippen LogP contribution is 2.23. The molecule has 1 aromatic carbocycles. The Morgan fingerprint density at radius 3 is 2.60 bits per heavy atom. The summed E-state index contributed by atoms with van der Waals surface area (Å²) in [4.78, 5) is 14.5. The molecule has 3 N–H and O–H groups in total. The quantitative estimate of drug-likeness (QED) is 0.720. The number of carbonyl (C=O) groups excluding carboxylic acids is 1. The van der Waals surface area contributed by atoms with Crippen molar-refractivity contribution in [3.8, 4) is 0 Å². The molecular weight excluding hydrogens is 314 g/mol. The molecule has 1 unspecified atom stereocenters. The van der Waals surface area contributed by atoms with E-state index in [2.05, 4.69) is 35.5 Å². The first-order chi connectivity index (χ1) is 12.1. The zero-order valence-corrected chi connectivity index (χ0v) is 15.7. The van der Waals surface area contributed by atoms with E-state index in [9.17, 15) is 4.79 Å². The van der Waals surface area contributed by atoms with Gasteiger partial charge in [-0.05, 0) is 31.0 Å². The summed E-state index contributed by atoms with van der Waals surface area (Å²) in [5.41, 5.74) is 8.05. The van der Waals surface area contributed by atoms with Crippen molar-refractivity contribution in [1.82, 2.24) is 10.2 Å². The van der Waals surface area contributed by atoms with E-state index >= 15 is 0 Å². The van der Waals surface area contributed by atoms with Crippen molar-refractivity contribution in [2.24, 2.45) is 5.73 Å². The van der Waals surface area contributed by atoms with Crippen molar-refractivity contribution in [3.63, 3.8) is 0 Å². The molecule has 0 bridgehead atoms. The Morgan fingerprint density at radius 1 is 1.28 bits per heavy atom. The predicted molar refractivity (Wildman–Crippen MR) is 101 cm³/mol. The highest BCUT2D eigenvalue weighted by molar-refractivity contribution is 5.76. The van der Waals surface area contributed by atoms with Crippen LogP contribution in [0.2, 0.25) is 0 Å². The molecule has 1 aromatic rings. The lowest BCUT2D eigenvalue weighted by Crippen LogP contribution is -2.34. The van der Waals surface area contributed by atoms with E-state index in [-0.39, 0.29) is 12.0 Å². The van der Waals surface area contributed by atoms with Crippen LogP contribution in [0.25, 0.3) is 0 Å². The number of hydrogen-bond donors (Lipinski definition) is 2. The second-order valence-electron chi connectivity index (χ2n) is 7.05. The van der Waals surface area contributed by atoms with Crippen LogP contribution in [0, 0.1) is 0 Å². The van der Waals surface area contributed by atoms with E-state index in [0.29, 0.717) is 25.6 Å². The third-order valence-corrected chi connectivity index (χ3v) is 5.22. The number of nitrogens with zero attached hydrogens (tertiary/aromatic N) is 1. The second kappa shape index (κ2) is 10.5. The van der Waals surface area contributed by atoms with Gasteiger partial charge in [0.25, 0.3) is 0 Å². The van der Waals surface area contributed by atoms with Crippen LogP contribution in [0.1, 0.15) is 49.7 Å². The van der Waals surface area contributed by atoms with Gasteiger partial charge in [-0.1, -0.05) is 43.5 Å². The fourth-order valence-electron chi connectivity index (χ4n) is 3.54.